The van der Waals surface area contributed by atoms with Crippen LogP contribution in [0.4, 0.5) is 5.69 Å². The molecule has 0 aromatic carbocycles. The number of carbonyl (C=O) groups excluding carboxylic acids is 1. The number of anilines is 1. The molecule has 116 valence electrons. The van der Waals surface area contributed by atoms with E-state index in [9.17, 15) is 4.79 Å². The average molecular weight is 301 g/mol. The molecule has 0 saturated carbocycles. The molecule has 2 aliphatic rings. The van der Waals surface area contributed by atoms with Crippen LogP contribution in [0.2, 0.25) is 0 Å². The van der Waals surface area contributed by atoms with Crippen LogP contribution in [-0.4, -0.2) is 45.4 Å². The largest absolute Gasteiger partial charge is 0.361 e. The van der Waals surface area contributed by atoms with Gasteiger partial charge in [-0.15, -0.1) is 0 Å². The molecule has 0 N–H and O–H groups in total. The van der Waals surface area contributed by atoms with Crippen molar-refractivity contribution in [3.8, 4) is 0 Å². The van der Waals surface area contributed by atoms with Crippen molar-refractivity contribution in [2.75, 3.05) is 24.5 Å². The Labute approximate surface area is 128 Å². The van der Waals surface area contributed by atoms with E-state index in [4.69, 9.17) is 4.52 Å². The van der Waals surface area contributed by atoms with Gasteiger partial charge in [0.2, 0.25) is 5.91 Å². The number of amides is 1. The van der Waals surface area contributed by atoms with E-state index in [1.165, 1.54) is 0 Å². The summed E-state index contributed by atoms with van der Waals surface area (Å²) in [7, 11) is 0. The Kier molecular flexibility index (Phi) is 3.22. The van der Waals surface area contributed by atoms with Gasteiger partial charge in [0.1, 0.15) is 5.76 Å². The van der Waals surface area contributed by atoms with Gasteiger partial charge in [0.05, 0.1) is 23.6 Å². The SMILES string of the molecule is Cc1cc(CN2CC(n3cc(N4CCCC4=O)cn3)C2)no1. The van der Waals surface area contributed by atoms with Gasteiger partial charge in [-0.2, -0.15) is 5.10 Å². The summed E-state index contributed by atoms with van der Waals surface area (Å²) in [6.07, 6.45) is 5.39. The van der Waals surface area contributed by atoms with Crippen molar-refractivity contribution in [3.63, 3.8) is 0 Å². The normalized spacial score (nSPS) is 19.9. The van der Waals surface area contributed by atoms with Crippen LogP contribution in [0.5, 0.6) is 0 Å². The van der Waals surface area contributed by atoms with Crippen LogP contribution in [0.25, 0.3) is 0 Å². The van der Waals surface area contributed by atoms with Gasteiger partial charge >= 0.3 is 0 Å². The van der Waals surface area contributed by atoms with Gasteiger partial charge in [-0.05, 0) is 13.3 Å². The maximum Gasteiger partial charge on any atom is 0.227 e. The number of carbonyl (C=O) groups is 1. The van der Waals surface area contributed by atoms with E-state index in [1.807, 2.05) is 28.8 Å². The molecule has 22 heavy (non-hydrogen) atoms. The molecule has 0 atom stereocenters. The monoisotopic (exact) mass is 301 g/mol. The molecular formula is C15H19N5O2. The molecule has 7 nitrogen and oxygen atoms in total. The first-order valence-electron chi connectivity index (χ1n) is 7.68. The number of nitrogens with zero attached hydrogens (tertiary/aromatic N) is 5. The number of hydrogen-bond acceptors (Lipinski definition) is 5. The van der Waals surface area contributed by atoms with Gasteiger partial charge in [-0.3, -0.25) is 14.4 Å². The lowest BCUT2D eigenvalue weighted by Crippen LogP contribution is -2.47. The van der Waals surface area contributed by atoms with Crippen LogP contribution in [0.1, 0.15) is 30.3 Å². The van der Waals surface area contributed by atoms with Gasteiger partial charge in [0, 0.05) is 44.9 Å². The number of rotatable bonds is 4. The molecule has 1 amide bonds. The van der Waals surface area contributed by atoms with Gasteiger partial charge < -0.3 is 9.42 Å². The minimum absolute atomic E-state index is 0.205. The molecule has 2 fully saturated rings. The van der Waals surface area contributed by atoms with Crippen molar-refractivity contribution in [1.82, 2.24) is 19.8 Å². The summed E-state index contributed by atoms with van der Waals surface area (Å²) in [5, 5.41) is 8.44. The average Bonchev–Trinajstić information content (AvgIpc) is 3.14. The van der Waals surface area contributed by atoms with Crippen LogP contribution in [0.15, 0.2) is 23.0 Å². The molecule has 2 saturated heterocycles. The minimum atomic E-state index is 0.205. The van der Waals surface area contributed by atoms with Crippen molar-refractivity contribution in [1.29, 1.82) is 0 Å². The van der Waals surface area contributed by atoms with Crippen molar-refractivity contribution >= 4 is 11.6 Å². The molecule has 0 spiro atoms. The zero-order valence-corrected chi connectivity index (χ0v) is 12.6. The molecule has 2 aromatic heterocycles. The molecule has 0 aliphatic carbocycles. The van der Waals surface area contributed by atoms with Crippen LogP contribution in [-0.2, 0) is 11.3 Å². The molecule has 0 bridgehead atoms. The number of aryl methyl sites for hydroxylation is 1. The second-order valence-electron chi connectivity index (χ2n) is 6.10. The summed E-state index contributed by atoms with van der Waals surface area (Å²) in [5.74, 6) is 1.05. The smallest absolute Gasteiger partial charge is 0.227 e. The zero-order chi connectivity index (χ0) is 15.1. The quantitative estimate of drug-likeness (QED) is 0.853. The highest BCUT2D eigenvalue weighted by Crippen LogP contribution is 2.26. The molecule has 7 heteroatoms. The van der Waals surface area contributed by atoms with E-state index in [0.717, 1.165) is 49.7 Å². The number of hydrogen-bond donors (Lipinski definition) is 0. The predicted molar refractivity (Wildman–Crippen MR) is 79.4 cm³/mol. The zero-order valence-electron chi connectivity index (χ0n) is 12.6. The fourth-order valence-corrected chi connectivity index (χ4v) is 3.15. The van der Waals surface area contributed by atoms with E-state index in [2.05, 4.69) is 15.2 Å². The Hall–Kier alpha value is -2.15. The topological polar surface area (TPSA) is 67.4 Å². The summed E-state index contributed by atoms with van der Waals surface area (Å²) >= 11 is 0. The maximum atomic E-state index is 11.8. The molecule has 4 heterocycles. The van der Waals surface area contributed by atoms with Crippen LogP contribution >= 0.6 is 0 Å². The Bertz CT molecular complexity index is 686. The highest BCUT2D eigenvalue weighted by molar-refractivity contribution is 5.95. The van der Waals surface area contributed by atoms with Crippen LogP contribution < -0.4 is 4.90 Å². The lowest BCUT2D eigenvalue weighted by Gasteiger charge is -2.38. The standard InChI is InChI=1S/C15H19N5O2/c1-11-5-12(17-22-11)7-18-8-14(9-18)20-10-13(6-16-20)19-4-2-3-15(19)21/h5-6,10,14H,2-4,7-9H2,1H3. The molecule has 0 radical (unpaired) electrons. The van der Waals surface area contributed by atoms with Crippen molar-refractivity contribution in [2.45, 2.75) is 32.4 Å². The molecule has 0 unspecified atom stereocenters. The first-order chi connectivity index (χ1) is 10.7. The second kappa shape index (κ2) is 5.24. The Morgan fingerprint density at radius 2 is 2.27 bits per heavy atom. The van der Waals surface area contributed by atoms with E-state index >= 15 is 0 Å². The molecular weight excluding hydrogens is 282 g/mol. The van der Waals surface area contributed by atoms with Crippen molar-refractivity contribution < 1.29 is 9.32 Å². The Morgan fingerprint density at radius 3 is 2.95 bits per heavy atom. The third-order valence-corrected chi connectivity index (χ3v) is 4.35. The van der Waals surface area contributed by atoms with E-state index in [-0.39, 0.29) is 5.91 Å². The lowest BCUT2D eigenvalue weighted by atomic mass is 10.1. The molecule has 2 aliphatic heterocycles. The van der Waals surface area contributed by atoms with Crippen molar-refractivity contribution in [3.05, 3.63) is 29.9 Å². The summed E-state index contributed by atoms with van der Waals surface area (Å²) in [6.45, 7) is 5.42. The first kappa shape index (κ1) is 13.5. The van der Waals surface area contributed by atoms with Gasteiger partial charge in [-0.1, -0.05) is 5.16 Å². The van der Waals surface area contributed by atoms with Gasteiger partial charge in [0.25, 0.3) is 0 Å². The highest BCUT2D eigenvalue weighted by Gasteiger charge is 2.30. The Balaban J connectivity index is 1.35. The first-order valence-corrected chi connectivity index (χ1v) is 7.68. The lowest BCUT2D eigenvalue weighted by molar-refractivity contribution is -0.117. The third-order valence-electron chi connectivity index (χ3n) is 4.35. The third kappa shape index (κ3) is 2.41. The number of likely N-dealkylation sites (tertiary alicyclic amines) is 1. The Morgan fingerprint density at radius 1 is 1.41 bits per heavy atom. The van der Waals surface area contributed by atoms with E-state index in [0.29, 0.717) is 12.5 Å². The number of aromatic nitrogens is 3. The van der Waals surface area contributed by atoms with Crippen molar-refractivity contribution in [2.24, 2.45) is 0 Å². The minimum Gasteiger partial charge on any atom is -0.361 e. The second-order valence-corrected chi connectivity index (χ2v) is 6.10. The molecule has 4 rings (SSSR count). The van der Waals surface area contributed by atoms with Gasteiger partial charge in [-0.25, -0.2) is 0 Å². The van der Waals surface area contributed by atoms with Crippen LogP contribution in [0.3, 0.4) is 0 Å². The summed E-state index contributed by atoms with van der Waals surface area (Å²) in [4.78, 5) is 15.9. The predicted octanol–water partition coefficient (Wildman–Crippen LogP) is 1.36. The summed E-state index contributed by atoms with van der Waals surface area (Å²) in [5.41, 5.74) is 1.90. The van der Waals surface area contributed by atoms with E-state index < -0.39 is 0 Å². The molecule has 2 aromatic rings. The summed E-state index contributed by atoms with van der Waals surface area (Å²) in [6, 6.07) is 2.35. The maximum absolute atomic E-state index is 11.8. The van der Waals surface area contributed by atoms with E-state index in [1.54, 1.807) is 6.20 Å². The highest BCUT2D eigenvalue weighted by atomic mass is 16.5. The van der Waals surface area contributed by atoms with Crippen LogP contribution in [0, 0.1) is 6.92 Å². The van der Waals surface area contributed by atoms with Gasteiger partial charge in [0.15, 0.2) is 0 Å². The summed E-state index contributed by atoms with van der Waals surface area (Å²) < 4.78 is 7.06. The fraction of sp³-hybridized carbons (Fsp3) is 0.533. The fourth-order valence-electron chi connectivity index (χ4n) is 3.15.